The summed E-state index contributed by atoms with van der Waals surface area (Å²) in [6.45, 7) is 2.94. The first-order chi connectivity index (χ1) is 9.13. The molecule has 0 amide bonds. The normalized spacial score (nSPS) is 22.8. The number of thiocarbonyl (C=S) groups is 1. The van der Waals surface area contributed by atoms with Gasteiger partial charge in [0.1, 0.15) is 5.82 Å². The van der Waals surface area contributed by atoms with E-state index in [2.05, 4.69) is 17.6 Å². The number of benzene rings is 1. The zero-order chi connectivity index (χ0) is 13.7. The summed E-state index contributed by atoms with van der Waals surface area (Å²) >= 11 is 5.29. The van der Waals surface area contributed by atoms with E-state index in [1.54, 1.807) is 12.1 Å². The fourth-order valence-corrected chi connectivity index (χ4v) is 2.66. The van der Waals surface area contributed by atoms with Crippen molar-refractivity contribution in [1.29, 1.82) is 0 Å². The smallest absolute Gasteiger partial charge is 0.166 e. The molecule has 1 aromatic carbocycles. The summed E-state index contributed by atoms with van der Waals surface area (Å²) in [5.74, 6) is 0.638. The Morgan fingerprint density at radius 2 is 1.84 bits per heavy atom. The summed E-state index contributed by atoms with van der Waals surface area (Å²) in [5, 5.41) is 7.24. The molecule has 2 N–H and O–H groups in total. The van der Waals surface area contributed by atoms with Gasteiger partial charge >= 0.3 is 0 Å². The highest BCUT2D eigenvalue weighted by molar-refractivity contribution is 7.80. The molecule has 2 nitrogen and oxygen atoms in total. The van der Waals surface area contributed by atoms with Gasteiger partial charge in [0.05, 0.1) is 0 Å². The SMILES string of the molecule is CC1CCC(NC(=S)NCc2ccc(F)cc2)CC1. The molecule has 0 atom stereocenters. The Kier molecular flexibility index (Phi) is 5.14. The maximum atomic E-state index is 12.8. The predicted molar refractivity (Wildman–Crippen MR) is 80.4 cm³/mol. The first-order valence-corrected chi connectivity index (χ1v) is 7.33. The first-order valence-electron chi connectivity index (χ1n) is 6.92. The maximum Gasteiger partial charge on any atom is 0.166 e. The molecule has 0 unspecified atom stereocenters. The van der Waals surface area contributed by atoms with Crippen LogP contribution in [0.4, 0.5) is 4.39 Å². The Morgan fingerprint density at radius 1 is 1.21 bits per heavy atom. The predicted octanol–water partition coefficient (Wildman–Crippen LogP) is 3.37. The zero-order valence-electron chi connectivity index (χ0n) is 11.3. The van der Waals surface area contributed by atoms with Crippen molar-refractivity contribution < 1.29 is 4.39 Å². The molecule has 0 aromatic heterocycles. The highest BCUT2D eigenvalue weighted by Gasteiger charge is 2.18. The van der Waals surface area contributed by atoms with Gasteiger partial charge in [0.15, 0.2) is 5.11 Å². The van der Waals surface area contributed by atoms with Crippen molar-refractivity contribution in [3.8, 4) is 0 Å². The maximum absolute atomic E-state index is 12.8. The summed E-state index contributed by atoms with van der Waals surface area (Å²) in [6, 6.07) is 6.98. The second-order valence-corrected chi connectivity index (χ2v) is 5.82. The minimum absolute atomic E-state index is 0.208. The van der Waals surface area contributed by atoms with Gasteiger partial charge in [-0.25, -0.2) is 4.39 Å². The summed E-state index contributed by atoms with van der Waals surface area (Å²) in [6.07, 6.45) is 4.94. The van der Waals surface area contributed by atoms with Crippen LogP contribution in [0.1, 0.15) is 38.2 Å². The quantitative estimate of drug-likeness (QED) is 0.830. The lowest BCUT2D eigenvalue weighted by Crippen LogP contribution is -2.43. The second-order valence-electron chi connectivity index (χ2n) is 5.41. The lowest BCUT2D eigenvalue weighted by atomic mass is 9.87. The molecule has 19 heavy (non-hydrogen) atoms. The van der Waals surface area contributed by atoms with Gasteiger partial charge in [-0.3, -0.25) is 0 Å². The van der Waals surface area contributed by atoms with Crippen molar-refractivity contribution in [2.75, 3.05) is 0 Å². The first kappa shape index (κ1) is 14.3. The van der Waals surface area contributed by atoms with Crippen LogP contribution in [0.15, 0.2) is 24.3 Å². The van der Waals surface area contributed by atoms with Crippen molar-refractivity contribution in [2.24, 2.45) is 5.92 Å². The van der Waals surface area contributed by atoms with Crippen LogP contribution < -0.4 is 10.6 Å². The Labute approximate surface area is 119 Å². The molecule has 0 spiro atoms. The van der Waals surface area contributed by atoms with Crippen LogP contribution in [-0.4, -0.2) is 11.2 Å². The number of rotatable bonds is 3. The third-order valence-corrected chi connectivity index (χ3v) is 3.98. The molecule has 1 saturated carbocycles. The van der Waals surface area contributed by atoms with Crippen molar-refractivity contribution in [2.45, 2.75) is 45.2 Å². The van der Waals surface area contributed by atoms with Crippen LogP contribution in [0.5, 0.6) is 0 Å². The second kappa shape index (κ2) is 6.85. The molecule has 4 heteroatoms. The summed E-state index contributed by atoms with van der Waals surface area (Å²) in [7, 11) is 0. The van der Waals surface area contributed by atoms with Crippen LogP contribution in [-0.2, 0) is 6.54 Å². The van der Waals surface area contributed by atoms with Gasteiger partial charge in [-0.1, -0.05) is 19.1 Å². The van der Waals surface area contributed by atoms with E-state index in [4.69, 9.17) is 12.2 Å². The number of hydrogen-bond donors (Lipinski definition) is 2. The van der Waals surface area contributed by atoms with Crippen molar-refractivity contribution >= 4 is 17.3 Å². The molecule has 0 aliphatic heterocycles. The van der Waals surface area contributed by atoms with E-state index in [9.17, 15) is 4.39 Å². The molecule has 1 aliphatic rings. The van der Waals surface area contributed by atoms with Gasteiger partial charge in [0.2, 0.25) is 0 Å². The van der Waals surface area contributed by atoms with Gasteiger partial charge in [-0.15, -0.1) is 0 Å². The standard InChI is InChI=1S/C15H21FN2S/c1-11-2-8-14(9-3-11)18-15(19)17-10-12-4-6-13(16)7-5-12/h4-7,11,14H,2-3,8-10H2,1H3,(H2,17,18,19). The zero-order valence-corrected chi connectivity index (χ0v) is 12.1. The van der Waals surface area contributed by atoms with Crippen LogP contribution in [0.25, 0.3) is 0 Å². The fourth-order valence-electron chi connectivity index (χ4n) is 2.43. The summed E-state index contributed by atoms with van der Waals surface area (Å²) in [4.78, 5) is 0. The lowest BCUT2D eigenvalue weighted by molar-refractivity contribution is 0.330. The van der Waals surface area contributed by atoms with Gasteiger partial charge in [0.25, 0.3) is 0 Å². The van der Waals surface area contributed by atoms with Crippen LogP contribution in [0.2, 0.25) is 0 Å². The van der Waals surface area contributed by atoms with E-state index >= 15 is 0 Å². The number of nitrogens with one attached hydrogen (secondary N) is 2. The van der Waals surface area contributed by atoms with E-state index in [-0.39, 0.29) is 5.82 Å². The number of hydrogen-bond acceptors (Lipinski definition) is 1. The Hall–Kier alpha value is -1.16. The third kappa shape index (κ3) is 4.78. The molecular weight excluding hydrogens is 259 g/mol. The Morgan fingerprint density at radius 3 is 2.47 bits per heavy atom. The molecule has 0 heterocycles. The van der Waals surface area contributed by atoms with E-state index < -0.39 is 0 Å². The van der Waals surface area contributed by atoms with Crippen LogP contribution in [0.3, 0.4) is 0 Å². The van der Waals surface area contributed by atoms with Crippen molar-refractivity contribution in [3.05, 3.63) is 35.6 Å². The molecule has 2 rings (SSSR count). The molecule has 104 valence electrons. The van der Waals surface area contributed by atoms with Crippen LogP contribution in [0, 0.1) is 11.7 Å². The largest absolute Gasteiger partial charge is 0.360 e. The summed E-state index contributed by atoms with van der Waals surface area (Å²) in [5.41, 5.74) is 1.03. The molecule has 0 bridgehead atoms. The fraction of sp³-hybridized carbons (Fsp3) is 0.533. The highest BCUT2D eigenvalue weighted by Crippen LogP contribution is 2.23. The Balaban J connectivity index is 1.71. The lowest BCUT2D eigenvalue weighted by Gasteiger charge is -2.28. The van der Waals surface area contributed by atoms with Gasteiger partial charge in [-0.2, -0.15) is 0 Å². The number of halogens is 1. The molecular formula is C15H21FN2S. The summed E-state index contributed by atoms with van der Waals surface area (Å²) < 4.78 is 12.8. The highest BCUT2D eigenvalue weighted by atomic mass is 32.1. The van der Waals surface area contributed by atoms with E-state index in [0.717, 1.165) is 11.5 Å². The molecule has 1 aromatic rings. The van der Waals surface area contributed by atoms with Gasteiger partial charge < -0.3 is 10.6 Å². The monoisotopic (exact) mass is 280 g/mol. The van der Waals surface area contributed by atoms with E-state index in [0.29, 0.717) is 17.7 Å². The average molecular weight is 280 g/mol. The minimum Gasteiger partial charge on any atom is -0.360 e. The average Bonchev–Trinajstić information content (AvgIpc) is 2.41. The molecule has 0 radical (unpaired) electrons. The Bertz CT molecular complexity index is 411. The minimum atomic E-state index is -0.208. The van der Waals surface area contributed by atoms with Gasteiger partial charge in [0, 0.05) is 12.6 Å². The molecule has 0 saturated heterocycles. The molecule has 1 aliphatic carbocycles. The van der Waals surface area contributed by atoms with Crippen molar-refractivity contribution in [3.63, 3.8) is 0 Å². The topological polar surface area (TPSA) is 24.1 Å². The van der Waals surface area contributed by atoms with Crippen LogP contribution >= 0.6 is 12.2 Å². The molecule has 1 fully saturated rings. The van der Waals surface area contributed by atoms with Gasteiger partial charge in [-0.05, 0) is 61.5 Å². The third-order valence-electron chi connectivity index (χ3n) is 3.72. The van der Waals surface area contributed by atoms with E-state index in [1.165, 1.54) is 37.8 Å². The van der Waals surface area contributed by atoms with E-state index in [1.807, 2.05) is 0 Å². The van der Waals surface area contributed by atoms with Crippen molar-refractivity contribution in [1.82, 2.24) is 10.6 Å².